The normalized spacial score (nSPS) is 12.1. The van der Waals surface area contributed by atoms with Crippen LogP contribution in [0.25, 0.3) is 0 Å². The van der Waals surface area contributed by atoms with Crippen LogP contribution < -0.4 is 21.1 Å². The van der Waals surface area contributed by atoms with Gasteiger partial charge in [-0.15, -0.1) is 0 Å². The van der Waals surface area contributed by atoms with Crippen molar-refractivity contribution in [3.63, 3.8) is 0 Å². The number of nitrogens with two attached hydrogens (primary N) is 1. The van der Waals surface area contributed by atoms with Crippen LogP contribution in [-0.4, -0.2) is 17.6 Å². The van der Waals surface area contributed by atoms with Crippen LogP contribution >= 0.6 is 0 Å². The van der Waals surface area contributed by atoms with Crippen molar-refractivity contribution in [3.8, 4) is 11.5 Å². The van der Waals surface area contributed by atoms with Crippen LogP contribution in [0.5, 0.6) is 11.5 Å². The summed E-state index contributed by atoms with van der Waals surface area (Å²) in [6.45, 7) is 1.87. The highest BCUT2D eigenvalue weighted by Crippen LogP contribution is 2.25. The Labute approximate surface area is 215 Å². The summed E-state index contributed by atoms with van der Waals surface area (Å²) in [5.41, 5.74) is 8.01. The van der Waals surface area contributed by atoms with Crippen LogP contribution in [-0.2, 0) is 9.59 Å². The van der Waals surface area contributed by atoms with Crippen LogP contribution in [0.15, 0.2) is 109 Å². The molecule has 0 bridgehead atoms. The number of benzene rings is 4. The van der Waals surface area contributed by atoms with Crippen LogP contribution in [0.4, 0.5) is 5.69 Å². The van der Waals surface area contributed by atoms with E-state index >= 15 is 0 Å². The van der Waals surface area contributed by atoms with Crippen molar-refractivity contribution in [2.45, 2.75) is 18.9 Å². The Kier molecular flexibility index (Phi) is 7.95. The Hall–Kier alpha value is -4.91. The maximum Gasteiger partial charge on any atom is 0.241 e. The number of amides is 2. The molecule has 0 aromatic heterocycles. The minimum absolute atomic E-state index is 0.0620. The lowest BCUT2D eigenvalue weighted by Crippen LogP contribution is -2.37. The summed E-state index contributed by atoms with van der Waals surface area (Å²) in [5.74, 6) is -0.570. The van der Waals surface area contributed by atoms with Gasteiger partial charge in [0, 0.05) is 11.3 Å². The van der Waals surface area contributed by atoms with Crippen LogP contribution in [0.1, 0.15) is 35.6 Å². The van der Waals surface area contributed by atoms with E-state index in [2.05, 4.69) is 10.6 Å². The summed E-state index contributed by atoms with van der Waals surface area (Å²) >= 11 is 0. The van der Waals surface area contributed by atoms with Crippen molar-refractivity contribution in [1.29, 1.82) is 5.41 Å². The smallest absolute Gasteiger partial charge is 0.241 e. The summed E-state index contributed by atoms with van der Waals surface area (Å²) in [5, 5.41) is 13.3. The third-order valence-corrected chi connectivity index (χ3v) is 5.84. The lowest BCUT2D eigenvalue weighted by molar-refractivity contribution is -0.129. The van der Waals surface area contributed by atoms with E-state index in [0.717, 1.165) is 11.3 Å². The lowest BCUT2D eigenvalue weighted by atomic mass is 9.96. The molecule has 0 heterocycles. The highest BCUT2D eigenvalue weighted by atomic mass is 16.5. The molecule has 4 rings (SSSR count). The molecule has 37 heavy (non-hydrogen) atoms. The largest absolute Gasteiger partial charge is 0.457 e. The summed E-state index contributed by atoms with van der Waals surface area (Å²) in [6.07, 6.45) is 0. The van der Waals surface area contributed by atoms with Gasteiger partial charge in [0.25, 0.3) is 0 Å². The van der Waals surface area contributed by atoms with Gasteiger partial charge in [-0.25, -0.2) is 0 Å². The predicted molar refractivity (Wildman–Crippen MR) is 145 cm³/mol. The minimum atomic E-state index is -1.06. The molecule has 0 radical (unpaired) electrons. The van der Waals surface area contributed by atoms with Crippen LogP contribution in [0.3, 0.4) is 0 Å². The Morgan fingerprint density at radius 2 is 1.30 bits per heavy atom. The quantitative estimate of drug-likeness (QED) is 0.143. The van der Waals surface area contributed by atoms with E-state index in [4.69, 9.17) is 15.9 Å². The average Bonchev–Trinajstić information content (AvgIpc) is 2.90. The molecule has 7 nitrogen and oxygen atoms in total. The summed E-state index contributed by atoms with van der Waals surface area (Å²) in [4.78, 5) is 26.6. The van der Waals surface area contributed by atoms with E-state index in [9.17, 15) is 9.59 Å². The first-order chi connectivity index (χ1) is 17.9. The zero-order chi connectivity index (χ0) is 26.2. The molecule has 7 heteroatoms. The maximum absolute atomic E-state index is 13.4. The molecule has 4 aromatic rings. The molecule has 0 aliphatic carbocycles. The van der Waals surface area contributed by atoms with Crippen LogP contribution in [0, 0.1) is 5.41 Å². The van der Waals surface area contributed by atoms with E-state index in [1.165, 1.54) is 0 Å². The van der Waals surface area contributed by atoms with Crippen molar-refractivity contribution in [2.75, 3.05) is 5.32 Å². The van der Waals surface area contributed by atoms with Gasteiger partial charge >= 0.3 is 0 Å². The van der Waals surface area contributed by atoms with Gasteiger partial charge < -0.3 is 21.1 Å². The Morgan fingerprint density at radius 3 is 1.89 bits per heavy atom. The highest BCUT2D eigenvalue weighted by Gasteiger charge is 2.29. The number of rotatable bonds is 9. The van der Waals surface area contributed by atoms with Crippen molar-refractivity contribution >= 4 is 23.3 Å². The molecule has 0 aliphatic heterocycles. The van der Waals surface area contributed by atoms with Crippen molar-refractivity contribution in [3.05, 3.63) is 126 Å². The molecule has 4 aromatic carbocycles. The van der Waals surface area contributed by atoms with E-state index in [1.54, 1.807) is 48.5 Å². The van der Waals surface area contributed by atoms with Crippen molar-refractivity contribution in [1.82, 2.24) is 5.32 Å². The number of nitrogen functional groups attached to an aromatic ring is 1. The molecule has 5 N–H and O–H groups in total. The molecule has 0 saturated carbocycles. The first-order valence-corrected chi connectivity index (χ1v) is 11.8. The fourth-order valence-corrected chi connectivity index (χ4v) is 3.84. The molecule has 0 fully saturated rings. The van der Waals surface area contributed by atoms with Gasteiger partial charge in [0.15, 0.2) is 0 Å². The molecular weight excluding hydrogens is 464 g/mol. The lowest BCUT2D eigenvalue weighted by Gasteiger charge is -2.21. The fraction of sp³-hybridized carbons (Fsp3) is 0.100. The van der Waals surface area contributed by atoms with Crippen molar-refractivity contribution < 1.29 is 14.3 Å². The maximum atomic E-state index is 13.4. The monoisotopic (exact) mass is 492 g/mol. The molecule has 186 valence electrons. The minimum Gasteiger partial charge on any atom is -0.457 e. The number of hydrogen-bond donors (Lipinski definition) is 4. The average molecular weight is 493 g/mol. The standard InChI is InChI=1S/C30H28N4O3/c1-20(21-14-18-26(19-15-21)37-25-10-6-3-7-11-25)33-29(35)27(22-8-4-2-5-9-22)30(36)34-24-16-12-23(13-17-24)28(31)32/h2-20,27H,1H3,(H3,31,32)(H,33,35)(H,34,36). The molecule has 2 unspecified atom stereocenters. The van der Waals surface area contributed by atoms with Crippen LogP contribution in [0.2, 0.25) is 0 Å². The number of ether oxygens (including phenoxy) is 1. The third-order valence-electron chi connectivity index (χ3n) is 5.84. The molecular formula is C30H28N4O3. The van der Waals surface area contributed by atoms with Gasteiger partial charge in [-0.2, -0.15) is 0 Å². The molecule has 2 atom stereocenters. The number of nitrogens with one attached hydrogen (secondary N) is 3. The number of amidine groups is 1. The first-order valence-electron chi connectivity index (χ1n) is 11.8. The number of anilines is 1. The number of para-hydroxylation sites is 1. The number of carbonyl (C=O) groups excluding carboxylic acids is 2. The number of carbonyl (C=O) groups is 2. The van der Waals surface area contributed by atoms with Gasteiger partial charge in [0.1, 0.15) is 23.3 Å². The Bertz CT molecular complexity index is 1360. The highest BCUT2D eigenvalue weighted by molar-refractivity contribution is 6.11. The van der Waals surface area contributed by atoms with Gasteiger partial charge in [0.2, 0.25) is 11.8 Å². The van der Waals surface area contributed by atoms with E-state index in [0.29, 0.717) is 22.6 Å². The predicted octanol–water partition coefficient (Wildman–Crippen LogP) is 5.36. The molecule has 2 amide bonds. The second-order valence-electron chi connectivity index (χ2n) is 8.54. The molecule has 0 aliphatic rings. The van der Waals surface area contributed by atoms with Gasteiger partial charge in [0.05, 0.1) is 6.04 Å². The third kappa shape index (κ3) is 6.61. The van der Waals surface area contributed by atoms with Gasteiger partial charge in [-0.05, 0) is 66.6 Å². The molecule has 0 spiro atoms. The summed E-state index contributed by atoms with van der Waals surface area (Å²) in [7, 11) is 0. The first kappa shape index (κ1) is 25.2. The van der Waals surface area contributed by atoms with Gasteiger partial charge in [-0.1, -0.05) is 60.7 Å². The summed E-state index contributed by atoms with van der Waals surface area (Å²) in [6, 6.07) is 32.1. The zero-order valence-corrected chi connectivity index (χ0v) is 20.3. The topological polar surface area (TPSA) is 117 Å². The second kappa shape index (κ2) is 11.7. The van der Waals surface area contributed by atoms with E-state index < -0.39 is 17.7 Å². The second-order valence-corrected chi connectivity index (χ2v) is 8.54. The molecule has 0 saturated heterocycles. The Balaban J connectivity index is 1.47. The SMILES string of the molecule is CC(NC(=O)C(C(=O)Nc1ccc(C(=N)N)cc1)c1ccccc1)c1ccc(Oc2ccccc2)cc1. The summed E-state index contributed by atoms with van der Waals surface area (Å²) < 4.78 is 5.84. The zero-order valence-electron chi connectivity index (χ0n) is 20.3. The Morgan fingerprint density at radius 1 is 0.730 bits per heavy atom. The van der Waals surface area contributed by atoms with Gasteiger partial charge in [-0.3, -0.25) is 15.0 Å². The van der Waals surface area contributed by atoms with E-state index in [1.807, 2.05) is 67.6 Å². The van der Waals surface area contributed by atoms with Crippen molar-refractivity contribution in [2.24, 2.45) is 5.73 Å². The number of hydrogen-bond acceptors (Lipinski definition) is 4. The van der Waals surface area contributed by atoms with E-state index in [-0.39, 0.29) is 11.9 Å². The fourth-order valence-electron chi connectivity index (χ4n) is 3.84.